The molecular weight excluding hydrogens is 409 g/mol. The molecule has 1 aliphatic heterocycles. The number of ether oxygens (including phenoxy) is 1. The van der Waals surface area contributed by atoms with Crippen molar-refractivity contribution < 1.29 is 22.7 Å². The molecule has 0 radical (unpaired) electrons. The summed E-state index contributed by atoms with van der Waals surface area (Å²) in [5, 5.41) is 5.98. The van der Waals surface area contributed by atoms with Gasteiger partial charge in [0.25, 0.3) is 0 Å². The van der Waals surface area contributed by atoms with Gasteiger partial charge in [-0.25, -0.2) is 9.38 Å². The van der Waals surface area contributed by atoms with Crippen LogP contribution in [0.1, 0.15) is 30.9 Å². The van der Waals surface area contributed by atoms with Crippen molar-refractivity contribution in [3.63, 3.8) is 0 Å². The molecule has 2 aromatic rings. The van der Waals surface area contributed by atoms with Gasteiger partial charge in [0.1, 0.15) is 11.6 Å². The molecule has 9 heteroatoms. The van der Waals surface area contributed by atoms with Gasteiger partial charge in [-0.3, -0.25) is 4.79 Å². The number of hydrogen-bond acceptors (Lipinski definition) is 3. The van der Waals surface area contributed by atoms with E-state index in [0.717, 1.165) is 24.2 Å². The van der Waals surface area contributed by atoms with E-state index in [1.807, 2.05) is 31.2 Å². The van der Waals surface area contributed by atoms with Gasteiger partial charge in [0.15, 0.2) is 5.96 Å². The summed E-state index contributed by atoms with van der Waals surface area (Å²) in [6.45, 7) is 0.421. The van der Waals surface area contributed by atoms with E-state index in [1.54, 1.807) is 4.90 Å². The number of hydrogen-bond donors (Lipinski definition) is 2. The second-order valence-corrected chi connectivity index (χ2v) is 6.96. The Balaban J connectivity index is 1.65. The number of halogens is 3. The average molecular weight is 434 g/mol. The van der Waals surface area contributed by atoms with Crippen molar-refractivity contribution in [2.75, 3.05) is 18.0 Å². The summed E-state index contributed by atoms with van der Waals surface area (Å²) in [4.78, 5) is 18.1. The predicted molar refractivity (Wildman–Crippen MR) is 113 cm³/mol. The van der Waals surface area contributed by atoms with Gasteiger partial charge < -0.3 is 20.3 Å². The number of guanidine groups is 1. The predicted octanol–water partition coefficient (Wildman–Crippen LogP) is 3.81. The first-order chi connectivity index (χ1) is 15.0. The number of benzene rings is 2. The molecule has 1 amide bonds. The highest BCUT2D eigenvalue weighted by molar-refractivity contribution is 5.95. The van der Waals surface area contributed by atoms with Gasteiger partial charge in [-0.15, -0.1) is 0 Å². The van der Waals surface area contributed by atoms with Crippen LogP contribution in [0.5, 0.6) is 5.75 Å². The molecule has 2 N–H and O–H groups in total. The molecule has 3 rings (SSSR count). The highest BCUT2D eigenvalue weighted by atomic mass is 19.3. The summed E-state index contributed by atoms with van der Waals surface area (Å²) in [5.41, 5.74) is 1.79. The molecular formula is C22H25F3N4O2. The largest absolute Gasteiger partial charge is 0.434 e. The van der Waals surface area contributed by atoms with Crippen LogP contribution in [-0.2, 0) is 17.9 Å². The van der Waals surface area contributed by atoms with Crippen LogP contribution in [0.2, 0.25) is 0 Å². The molecule has 1 fully saturated rings. The number of rotatable bonds is 8. The van der Waals surface area contributed by atoms with Crippen LogP contribution >= 0.6 is 0 Å². The molecule has 6 nitrogen and oxygen atoms in total. The van der Waals surface area contributed by atoms with E-state index in [1.165, 1.54) is 18.2 Å². The van der Waals surface area contributed by atoms with Crippen molar-refractivity contribution in [2.24, 2.45) is 4.99 Å². The third kappa shape index (κ3) is 6.13. The average Bonchev–Trinajstić information content (AvgIpc) is 3.17. The molecule has 2 aromatic carbocycles. The van der Waals surface area contributed by atoms with E-state index in [4.69, 9.17) is 0 Å². The van der Waals surface area contributed by atoms with Crippen molar-refractivity contribution in [2.45, 2.75) is 39.5 Å². The van der Waals surface area contributed by atoms with Crippen LogP contribution in [0.15, 0.2) is 47.5 Å². The van der Waals surface area contributed by atoms with Crippen LogP contribution in [-0.4, -0.2) is 31.6 Å². The molecule has 0 aliphatic carbocycles. The maximum absolute atomic E-state index is 14.1. The lowest BCUT2D eigenvalue weighted by Crippen LogP contribution is -2.37. The van der Waals surface area contributed by atoms with Gasteiger partial charge in [0, 0.05) is 37.3 Å². The quantitative estimate of drug-likeness (QED) is 0.490. The standard InChI is InChI=1S/C22H25F3N4O2/c1-2-26-22(28-14-17-18(23)5-3-6-19(17)31-21(24)25)27-13-15-8-10-16(11-9-15)29-12-4-7-20(29)30/h3,5-6,8-11,21H,2,4,7,12-14H2,1H3,(H2,26,27,28). The first-order valence-electron chi connectivity index (χ1n) is 10.1. The summed E-state index contributed by atoms with van der Waals surface area (Å²) in [6.07, 6.45) is 1.45. The topological polar surface area (TPSA) is 66.0 Å². The molecule has 1 aliphatic rings. The van der Waals surface area contributed by atoms with Crippen LogP contribution in [0.3, 0.4) is 0 Å². The third-order valence-corrected chi connectivity index (χ3v) is 4.81. The lowest BCUT2D eigenvalue weighted by atomic mass is 10.2. The van der Waals surface area contributed by atoms with Crippen molar-refractivity contribution in [3.8, 4) is 5.75 Å². The Bertz CT molecular complexity index is 919. The summed E-state index contributed by atoms with van der Waals surface area (Å²) in [7, 11) is 0. The van der Waals surface area contributed by atoms with Crippen LogP contribution < -0.4 is 20.3 Å². The number of nitrogens with one attached hydrogen (secondary N) is 2. The Morgan fingerprint density at radius 1 is 1.19 bits per heavy atom. The summed E-state index contributed by atoms with van der Waals surface area (Å²) < 4.78 is 43.7. The number of alkyl halides is 2. The molecule has 31 heavy (non-hydrogen) atoms. The smallest absolute Gasteiger partial charge is 0.387 e. The SMILES string of the molecule is CCNC(=NCc1ccc(N2CCCC2=O)cc1)NCc1c(F)cccc1OC(F)F. The van der Waals surface area contributed by atoms with E-state index in [9.17, 15) is 18.0 Å². The number of nitrogens with zero attached hydrogens (tertiary/aromatic N) is 2. The van der Waals surface area contributed by atoms with Gasteiger partial charge in [0.2, 0.25) is 5.91 Å². The molecule has 0 atom stereocenters. The van der Waals surface area contributed by atoms with E-state index < -0.39 is 12.4 Å². The van der Waals surface area contributed by atoms with Gasteiger partial charge in [-0.2, -0.15) is 8.78 Å². The Kier molecular flexibility index (Phi) is 7.75. The number of anilines is 1. The Hall–Kier alpha value is -3.23. The Morgan fingerprint density at radius 3 is 2.61 bits per heavy atom. The zero-order valence-corrected chi connectivity index (χ0v) is 17.2. The molecule has 166 valence electrons. The number of amides is 1. The molecule has 1 heterocycles. The zero-order chi connectivity index (χ0) is 22.2. The minimum atomic E-state index is -3.04. The van der Waals surface area contributed by atoms with E-state index in [0.29, 0.717) is 25.5 Å². The van der Waals surface area contributed by atoms with Crippen LogP contribution in [0, 0.1) is 5.82 Å². The fourth-order valence-electron chi connectivity index (χ4n) is 3.30. The molecule has 0 unspecified atom stereocenters. The number of carbonyl (C=O) groups is 1. The molecule has 0 aromatic heterocycles. The molecule has 0 saturated carbocycles. The minimum absolute atomic E-state index is 0.00645. The lowest BCUT2D eigenvalue weighted by Gasteiger charge is -2.16. The van der Waals surface area contributed by atoms with Gasteiger partial charge >= 0.3 is 6.61 Å². The minimum Gasteiger partial charge on any atom is -0.434 e. The fraction of sp³-hybridized carbons (Fsp3) is 0.364. The second kappa shape index (κ2) is 10.7. The summed E-state index contributed by atoms with van der Waals surface area (Å²) in [6, 6.07) is 11.4. The summed E-state index contributed by atoms with van der Waals surface area (Å²) >= 11 is 0. The van der Waals surface area contributed by atoms with E-state index in [-0.39, 0.29) is 23.8 Å². The van der Waals surface area contributed by atoms with Crippen molar-refractivity contribution in [3.05, 3.63) is 59.4 Å². The van der Waals surface area contributed by atoms with Crippen LogP contribution in [0.4, 0.5) is 18.9 Å². The summed E-state index contributed by atoms with van der Waals surface area (Å²) in [5.74, 6) is -0.320. The van der Waals surface area contributed by atoms with E-state index in [2.05, 4.69) is 20.4 Å². The maximum atomic E-state index is 14.1. The lowest BCUT2D eigenvalue weighted by molar-refractivity contribution is -0.117. The van der Waals surface area contributed by atoms with Crippen LogP contribution in [0.25, 0.3) is 0 Å². The number of aliphatic imine (C=N–C) groups is 1. The Labute approximate surface area is 179 Å². The third-order valence-electron chi connectivity index (χ3n) is 4.81. The normalized spacial score (nSPS) is 14.3. The molecule has 1 saturated heterocycles. The highest BCUT2D eigenvalue weighted by Gasteiger charge is 2.21. The Morgan fingerprint density at radius 2 is 1.97 bits per heavy atom. The highest BCUT2D eigenvalue weighted by Crippen LogP contribution is 2.23. The van der Waals surface area contributed by atoms with Gasteiger partial charge in [-0.05, 0) is 43.2 Å². The maximum Gasteiger partial charge on any atom is 0.387 e. The monoisotopic (exact) mass is 434 g/mol. The first kappa shape index (κ1) is 22.5. The van der Waals surface area contributed by atoms with Crippen molar-refractivity contribution >= 4 is 17.6 Å². The van der Waals surface area contributed by atoms with Gasteiger partial charge in [-0.1, -0.05) is 18.2 Å². The zero-order valence-electron chi connectivity index (χ0n) is 17.2. The number of carbonyl (C=O) groups excluding carboxylic acids is 1. The van der Waals surface area contributed by atoms with Crippen molar-refractivity contribution in [1.29, 1.82) is 0 Å². The van der Waals surface area contributed by atoms with Crippen molar-refractivity contribution in [1.82, 2.24) is 10.6 Å². The van der Waals surface area contributed by atoms with Gasteiger partial charge in [0.05, 0.1) is 6.54 Å². The molecule has 0 bridgehead atoms. The fourth-order valence-corrected chi connectivity index (χ4v) is 3.30. The second-order valence-electron chi connectivity index (χ2n) is 6.96. The first-order valence-corrected chi connectivity index (χ1v) is 10.1. The molecule has 0 spiro atoms. The van der Waals surface area contributed by atoms with E-state index >= 15 is 0 Å².